The highest BCUT2D eigenvalue weighted by Crippen LogP contribution is 2.24. The van der Waals surface area contributed by atoms with Gasteiger partial charge in [0.25, 0.3) is 0 Å². The quantitative estimate of drug-likeness (QED) is 0.780. The fourth-order valence-electron chi connectivity index (χ4n) is 1.50. The van der Waals surface area contributed by atoms with Crippen molar-refractivity contribution in [3.8, 4) is 0 Å². The molecule has 0 amide bonds. The van der Waals surface area contributed by atoms with Crippen molar-refractivity contribution in [2.45, 2.75) is 13.0 Å². The predicted octanol–water partition coefficient (Wildman–Crippen LogP) is 2.94. The van der Waals surface area contributed by atoms with Gasteiger partial charge in [-0.05, 0) is 30.5 Å². The van der Waals surface area contributed by atoms with Crippen molar-refractivity contribution in [2.75, 3.05) is 0 Å². The lowest BCUT2D eigenvalue weighted by Crippen LogP contribution is -1.96. The molecule has 0 aliphatic rings. The predicted molar refractivity (Wildman–Crippen MR) is 57.4 cm³/mol. The summed E-state index contributed by atoms with van der Waals surface area (Å²) in [6, 6.07) is 7.48. The number of nitrogens with zero attached hydrogens (tertiary/aromatic N) is 1. The van der Waals surface area contributed by atoms with Crippen LogP contribution in [-0.2, 0) is 0 Å². The van der Waals surface area contributed by atoms with Crippen molar-refractivity contribution in [2.24, 2.45) is 0 Å². The molecule has 0 saturated heterocycles. The summed E-state index contributed by atoms with van der Waals surface area (Å²) in [6.45, 7) is 1.70. The zero-order chi connectivity index (χ0) is 10.1. The SMILES string of the molecule is CC(O)c1nccc2ccc(Cl)cc12. The molecule has 1 atom stereocenters. The summed E-state index contributed by atoms with van der Waals surface area (Å²) in [6.07, 6.45) is 1.12. The Morgan fingerprint density at radius 3 is 2.86 bits per heavy atom. The maximum atomic E-state index is 9.51. The molecule has 3 heteroatoms. The monoisotopic (exact) mass is 207 g/mol. The van der Waals surface area contributed by atoms with E-state index in [2.05, 4.69) is 4.98 Å². The van der Waals surface area contributed by atoms with Crippen LogP contribution in [0.5, 0.6) is 0 Å². The summed E-state index contributed by atoms with van der Waals surface area (Å²) in [7, 11) is 0. The molecule has 1 heterocycles. The standard InChI is InChI=1S/C11H10ClNO/c1-7(14)11-10-6-9(12)3-2-8(10)4-5-13-11/h2-7,14H,1H3. The molecular formula is C11H10ClNO. The fourth-order valence-corrected chi connectivity index (χ4v) is 1.67. The van der Waals surface area contributed by atoms with E-state index in [1.54, 1.807) is 13.1 Å². The van der Waals surface area contributed by atoms with Crippen LogP contribution in [0, 0.1) is 0 Å². The maximum Gasteiger partial charge on any atom is 0.0938 e. The average molecular weight is 208 g/mol. The van der Waals surface area contributed by atoms with Crippen LogP contribution < -0.4 is 0 Å². The highest BCUT2D eigenvalue weighted by atomic mass is 35.5. The van der Waals surface area contributed by atoms with Crippen molar-refractivity contribution in [1.29, 1.82) is 0 Å². The fraction of sp³-hybridized carbons (Fsp3) is 0.182. The van der Waals surface area contributed by atoms with Crippen LogP contribution in [0.15, 0.2) is 30.5 Å². The van der Waals surface area contributed by atoms with Crippen LogP contribution in [0.25, 0.3) is 10.8 Å². The second-order valence-corrected chi connectivity index (χ2v) is 3.67. The normalized spacial score (nSPS) is 13.1. The van der Waals surface area contributed by atoms with Gasteiger partial charge in [0.2, 0.25) is 0 Å². The molecule has 0 aliphatic carbocycles. The van der Waals surface area contributed by atoms with Crippen LogP contribution >= 0.6 is 11.6 Å². The van der Waals surface area contributed by atoms with Gasteiger partial charge in [-0.25, -0.2) is 0 Å². The molecule has 1 aromatic carbocycles. The van der Waals surface area contributed by atoms with Gasteiger partial charge in [0.15, 0.2) is 0 Å². The Balaban J connectivity index is 2.77. The largest absolute Gasteiger partial charge is 0.387 e. The number of halogens is 1. The van der Waals surface area contributed by atoms with E-state index < -0.39 is 6.10 Å². The van der Waals surface area contributed by atoms with Crippen molar-refractivity contribution in [3.63, 3.8) is 0 Å². The first-order valence-corrected chi connectivity index (χ1v) is 4.78. The zero-order valence-electron chi connectivity index (χ0n) is 7.74. The van der Waals surface area contributed by atoms with E-state index in [9.17, 15) is 5.11 Å². The minimum atomic E-state index is -0.572. The number of aromatic nitrogens is 1. The number of aliphatic hydroxyl groups excluding tert-OH is 1. The first-order valence-electron chi connectivity index (χ1n) is 4.41. The third kappa shape index (κ3) is 1.59. The van der Waals surface area contributed by atoms with E-state index in [1.165, 1.54) is 0 Å². The van der Waals surface area contributed by atoms with Gasteiger partial charge in [-0.3, -0.25) is 4.98 Å². The molecule has 1 unspecified atom stereocenters. The molecule has 0 saturated carbocycles. The minimum Gasteiger partial charge on any atom is -0.387 e. The molecule has 2 aromatic rings. The number of fused-ring (bicyclic) bond motifs is 1. The molecule has 1 aromatic heterocycles. The Morgan fingerprint density at radius 1 is 1.36 bits per heavy atom. The van der Waals surface area contributed by atoms with Crippen LogP contribution in [-0.4, -0.2) is 10.1 Å². The third-order valence-electron chi connectivity index (χ3n) is 2.15. The molecule has 14 heavy (non-hydrogen) atoms. The molecule has 2 nitrogen and oxygen atoms in total. The molecule has 0 fully saturated rings. The lowest BCUT2D eigenvalue weighted by atomic mass is 10.1. The van der Waals surface area contributed by atoms with E-state index in [0.29, 0.717) is 10.7 Å². The van der Waals surface area contributed by atoms with E-state index in [-0.39, 0.29) is 0 Å². The molecule has 1 N–H and O–H groups in total. The number of benzene rings is 1. The number of aliphatic hydroxyl groups is 1. The van der Waals surface area contributed by atoms with E-state index in [4.69, 9.17) is 11.6 Å². The van der Waals surface area contributed by atoms with Gasteiger partial charge in [-0.15, -0.1) is 0 Å². The van der Waals surface area contributed by atoms with Gasteiger partial charge in [0.05, 0.1) is 11.8 Å². The first-order chi connectivity index (χ1) is 6.68. The lowest BCUT2D eigenvalue weighted by molar-refractivity contribution is 0.196. The third-order valence-corrected chi connectivity index (χ3v) is 2.39. The molecule has 0 radical (unpaired) electrons. The maximum absolute atomic E-state index is 9.51. The molecule has 2 rings (SSSR count). The smallest absolute Gasteiger partial charge is 0.0938 e. The summed E-state index contributed by atoms with van der Waals surface area (Å²) in [5.74, 6) is 0. The van der Waals surface area contributed by atoms with Gasteiger partial charge >= 0.3 is 0 Å². The summed E-state index contributed by atoms with van der Waals surface area (Å²) in [5.41, 5.74) is 0.671. The first kappa shape index (κ1) is 9.44. The summed E-state index contributed by atoms with van der Waals surface area (Å²) < 4.78 is 0. The summed E-state index contributed by atoms with van der Waals surface area (Å²) in [4.78, 5) is 4.14. The van der Waals surface area contributed by atoms with Crippen molar-refractivity contribution >= 4 is 22.4 Å². The topological polar surface area (TPSA) is 33.1 Å². The second-order valence-electron chi connectivity index (χ2n) is 3.24. The van der Waals surface area contributed by atoms with Crippen molar-refractivity contribution < 1.29 is 5.11 Å². The second kappa shape index (κ2) is 3.56. The Hall–Kier alpha value is -1.12. The van der Waals surface area contributed by atoms with E-state index >= 15 is 0 Å². The van der Waals surface area contributed by atoms with Crippen LogP contribution in [0.4, 0.5) is 0 Å². The van der Waals surface area contributed by atoms with Crippen molar-refractivity contribution in [1.82, 2.24) is 4.98 Å². The summed E-state index contributed by atoms with van der Waals surface area (Å²) >= 11 is 5.89. The Bertz CT molecular complexity index is 468. The van der Waals surface area contributed by atoms with Crippen molar-refractivity contribution in [3.05, 3.63) is 41.2 Å². The Kier molecular flexibility index (Phi) is 2.40. The van der Waals surface area contributed by atoms with Crippen LogP contribution in [0.2, 0.25) is 5.02 Å². The molecular weight excluding hydrogens is 198 g/mol. The molecule has 72 valence electrons. The summed E-state index contributed by atoms with van der Waals surface area (Å²) in [5, 5.41) is 12.1. The van der Waals surface area contributed by atoms with E-state index in [1.807, 2.05) is 24.3 Å². The van der Waals surface area contributed by atoms with E-state index in [0.717, 1.165) is 10.8 Å². The van der Waals surface area contributed by atoms with Gasteiger partial charge < -0.3 is 5.11 Å². The average Bonchev–Trinajstić information content (AvgIpc) is 2.16. The van der Waals surface area contributed by atoms with Gasteiger partial charge in [0, 0.05) is 16.6 Å². The lowest BCUT2D eigenvalue weighted by Gasteiger charge is -2.07. The van der Waals surface area contributed by atoms with Gasteiger partial charge in [0.1, 0.15) is 0 Å². The Labute approximate surface area is 87.2 Å². The highest BCUT2D eigenvalue weighted by Gasteiger charge is 2.07. The molecule has 0 spiro atoms. The van der Waals surface area contributed by atoms with Crippen LogP contribution in [0.1, 0.15) is 18.7 Å². The van der Waals surface area contributed by atoms with Crippen LogP contribution in [0.3, 0.4) is 0 Å². The minimum absolute atomic E-state index is 0.572. The molecule has 0 bridgehead atoms. The molecule has 0 aliphatic heterocycles. The van der Waals surface area contributed by atoms with Gasteiger partial charge in [-0.2, -0.15) is 0 Å². The Morgan fingerprint density at radius 2 is 2.14 bits per heavy atom. The highest BCUT2D eigenvalue weighted by molar-refractivity contribution is 6.31. The number of pyridine rings is 1. The zero-order valence-corrected chi connectivity index (χ0v) is 8.49. The number of hydrogen-bond donors (Lipinski definition) is 1. The van der Waals surface area contributed by atoms with Gasteiger partial charge in [-0.1, -0.05) is 17.7 Å². The number of rotatable bonds is 1. The number of hydrogen-bond acceptors (Lipinski definition) is 2.